The van der Waals surface area contributed by atoms with Crippen molar-refractivity contribution in [2.45, 2.75) is 13.3 Å². The number of carbonyl (C=O) groups is 2. The van der Waals surface area contributed by atoms with Gasteiger partial charge in [-0.15, -0.1) is 0 Å². The van der Waals surface area contributed by atoms with Crippen LogP contribution in [0.2, 0.25) is 0 Å². The van der Waals surface area contributed by atoms with Gasteiger partial charge in [-0.05, 0) is 36.3 Å². The average molecular weight is 357 g/mol. The summed E-state index contributed by atoms with van der Waals surface area (Å²) in [6.07, 6.45) is 0.209. The molecule has 0 aliphatic carbocycles. The Morgan fingerprint density at radius 3 is 2.36 bits per heavy atom. The molecule has 2 rings (SSSR count). The molecule has 0 spiro atoms. The van der Waals surface area contributed by atoms with Gasteiger partial charge in [0, 0.05) is 0 Å². The minimum atomic E-state index is -0.418. The van der Waals surface area contributed by atoms with Crippen LogP contribution in [0.25, 0.3) is 0 Å². The smallest absolute Gasteiger partial charge is 0.264 e. The van der Waals surface area contributed by atoms with Crippen molar-refractivity contribution in [3.8, 4) is 5.75 Å². The first-order valence-corrected chi connectivity index (χ1v) is 8.06. The summed E-state index contributed by atoms with van der Waals surface area (Å²) >= 11 is 4.96. The van der Waals surface area contributed by atoms with E-state index in [2.05, 4.69) is 16.2 Å². The topological polar surface area (TPSA) is 79.5 Å². The molecule has 2 aromatic rings. The van der Waals surface area contributed by atoms with E-state index in [9.17, 15) is 9.59 Å². The third kappa shape index (κ3) is 6.60. The lowest BCUT2D eigenvalue weighted by Crippen LogP contribution is -2.49. The second-order valence-corrected chi connectivity index (χ2v) is 5.68. The number of hydrogen-bond donors (Lipinski definition) is 3. The predicted molar refractivity (Wildman–Crippen MR) is 98.8 cm³/mol. The van der Waals surface area contributed by atoms with Crippen molar-refractivity contribution in [2.75, 3.05) is 6.61 Å². The summed E-state index contributed by atoms with van der Waals surface area (Å²) in [4.78, 5) is 23.6. The maximum Gasteiger partial charge on any atom is 0.264 e. The fourth-order valence-electron chi connectivity index (χ4n) is 2.01. The number of hydrazine groups is 1. The summed E-state index contributed by atoms with van der Waals surface area (Å²) in [7, 11) is 0. The molecule has 6 nitrogen and oxygen atoms in total. The molecule has 2 aromatic carbocycles. The first-order valence-electron chi connectivity index (χ1n) is 7.65. The highest BCUT2D eigenvalue weighted by Crippen LogP contribution is 2.15. The van der Waals surface area contributed by atoms with Gasteiger partial charge in [0.15, 0.2) is 11.7 Å². The first kappa shape index (κ1) is 18.4. The van der Waals surface area contributed by atoms with E-state index < -0.39 is 5.91 Å². The molecule has 0 aliphatic heterocycles. The normalized spacial score (nSPS) is 9.80. The Hall–Kier alpha value is -2.93. The molecule has 25 heavy (non-hydrogen) atoms. The Balaban J connectivity index is 1.68. The van der Waals surface area contributed by atoms with Crippen LogP contribution < -0.4 is 20.9 Å². The average Bonchev–Trinajstić information content (AvgIpc) is 2.60. The van der Waals surface area contributed by atoms with E-state index in [4.69, 9.17) is 17.0 Å². The van der Waals surface area contributed by atoms with Crippen LogP contribution in [0, 0.1) is 6.92 Å². The number of para-hydroxylation sites is 1. The van der Waals surface area contributed by atoms with Crippen LogP contribution in [0.1, 0.15) is 11.1 Å². The molecule has 2 amide bonds. The number of thiocarbonyl (C=S) groups is 1. The van der Waals surface area contributed by atoms with E-state index in [1.807, 2.05) is 55.5 Å². The third-order valence-corrected chi connectivity index (χ3v) is 3.43. The summed E-state index contributed by atoms with van der Waals surface area (Å²) < 4.78 is 5.42. The van der Waals surface area contributed by atoms with Gasteiger partial charge in [-0.3, -0.25) is 25.8 Å². The van der Waals surface area contributed by atoms with Gasteiger partial charge in [-0.1, -0.05) is 48.5 Å². The van der Waals surface area contributed by atoms with Crippen LogP contribution in [-0.4, -0.2) is 23.5 Å². The lowest BCUT2D eigenvalue weighted by Gasteiger charge is -2.12. The fraction of sp³-hybridized carbons (Fsp3) is 0.167. The van der Waals surface area contributed by atoms with Gasteiger partial charge in [0.25, 0.3) is 5.91 Å². The molecule has 0 fully saturated rings. The molecule has 3 N–H and O–H groups in total. The predicted octanol–water partition coefficient (Wildman–Crippen LogP) is 1.64. The number of nitrogens with one attached hydrogen (secondary N) is 3. The van der Waals surface area contributed by atoms with Gasteiger partial charge in [-0.25, -0.2) is 0 Å². The minimum Gasteiger partial charge on any atom is -0.483 e. The monoisotopic (exact) mass is 357 g/mol. The quantitative estimate of drug-likeness (QED) is 0.560. The Bertz CT molecular complexity index is 750. The maximum atomic E-state index is 11.8. The number of ether oxygens (including phenoxy) is 1. The van der Waals surface area contributed by atoms with Crippen molar-refractivity contribution in [2.24, 2.45) is 0 Å². The SMILES string of the molecule is Cc1ccccc1OCC(=O)NC(=S)NNC(=O)Cc1ccccc1. The van der Waals surface area contributed by atoms with Crippen molar-refractivity contribution in [3.63, 3.8) is 0 Å². The van der Waals surface area contributed by atoms with Gasteiger partial charge in [0.05, 0.1) is 6.42 Å². The van der Waals surface area contributed by atoms with E-state index >= 15 is 0 Å². The first-order chi connectivity index (χ1) is 12.0. The highest BCUT2D eigenvalue weighted by atomic mass is 32.1. The Morgan fingerprint density at radius 1 is 0.960 bits per heavy atom. The van der Waals surface area contributed by atoms with E-state index in [1.165, 1.54) is 0 Å². The van der Waals surface area contributed by atoms with Gasteiger partial charge in [-0.2, -0.15) is 0 Å². The van der Waals surface area contributed by atoms with Crippen LogP contribution in [0.15, 0.2) is 54.6 Å². The Kier molecular flexibility index (Phi) is 6.91. The summed E-state index contributed by atoms with van der Waals surface area (Å²) in [5.41, 5.74) is 6.73. The van der Waals surface area contributed by atoms with Gasteiger partial charge in [0.1, 0.15) is 5.75 Å². The van der Waals surface area contributed by atoms with Crippen LogP contribution in [0.4, 0.5) is 0 Å². The van der Waals surface area contributed by atoms with Crippen molar-refractivity contribution in [1.29, 1.82) is 0 Å². The van der Waals surface area contributed by atoms with Crippen molar-refractivity contribution < 1.29 is 14.3 Å². The van der Waals surface area contributed by atoms with Crippen LogP contribution in [-0.2, 0) is 16.0 Å². The highest BCUT2D eigenvalue weighted by Gasteiger charge is 2.08. The largest absolute Gasteiger partial charge is 0.483 e. The molecule has 0 aliphatic rings. The van der Waals surface area contributed by atoms with E-state index in [1.54, 1.807) is 6.07 Å². The van der Waals surface area contributed by atoms with Gasteiger partial charge < -0.3 is 4.74 Å². The molecule has 0 saturated heterocycles. The molecule has 0 radical (unpaired) electrons. The molecule has 7 heteroatoms. The third-order valence-electron chi connectivity index (χ3n) is 3.23. The lowest BCUT2D eigenvalue weighted by molar-refractivity contribution is -0.122. The highest BCUT2D eigenvalue weighted by molar-refractivity contribution is 7.80. The fourth-order valence-corrected chi connectivity index (χ4v) is 2.17. The number of hydrogen-bond acceptors (Lipinski definition) is 4. The minimum absolute atomic E-state index is 0.000190. The Morgan fingerprint density at radius 2 is 1.64 bits per heavy atom. The lowest BCUT2D eigenvalue weighted by atomic mass is 10.1. The van der Waals surface area contributed by atoms with Crippen molar-refractivity contribution in [1.82, 2.24) is 16.2 Å². The molecular weight excluding hydrogens is 338 g/mol. The molecule has 0 unspecified atom stereocenters. The molecule has 0 bridgehead atoms. The van der Waals surface area contributed by atoms with Crippen molar-refractivity contribution >= 4 is 29.1 Å². The summed E-state index contributed by atoms with van der Waals surface area (Å²) in [6.45, 7) is 1.71. The van der Waals surface area contributed by atoms with E-state index in [0.717, 1.165) is 11.1 Å². The number of benzene rings is 2. The van der Waals surface area contributed by atoms with Crippen LogP contribution >= 0.6 is 12.2 Å². The van der Waals surface area contributed by atoms with Crippen molar-refractivity contribution in [3.05, 3.63) is 65.7 Å². The van der Waals surface area contributed by atoms with Crippen LogP contribution in [0.3, 0.4) is 0 Å². The maximum absolute atomic E-state index is 11.8. The zero-order valence-electron chi connectivity index (χ0n) is 13.7. The number of rotatable bonds is 5. The van der Waals surface area contributed by atoms with E-state index in [0.29, 0.717) is 5.75 Å². The zero-order valence-corrected chi connectivity index (χ0v) is 14.6. The van der Waals surface area contributed by atoms with Crippen LogP contribution in [0.5, 0.6) is 5.75 Å². The number of carbonyl (C=O) groups excluding carboxylic acids is 2. The molecule has 0 atom stereocenters. The van der Waals surface area contributed by atoms with Gasteiger partial charge >= 0.3 is 0 Å². The molecule has 0 heterocycles. The molecule has 0 aromatic heterocycles. The molecule has 130 valence electrons. The summed E-state index contributed by atoms with van der Waals surface area (Å²) in [5, 5.41) is 2.43. The summed E-state index contributed by atoms with van der Waals surface area (Å²) in [6, 6.07) is 16.7. The Labute approximate surface area is 151 Å². The second kappa shape index (κ2) is 9.39. The number of aryl methyl sites for hydroxylation is 1. The summed E-state index contributed by atoms with van der Waals surface area (Å²) in [5.74, 6) is -0.0512. The molecular formula is C18H19N3O3S. The molecule has 0 saturated carbocycles. The number of amides is 2. The van der Waals surface area contributed by atoms with Gasteiger partial charge in [0.2, 0.25) is 5.91 Å². The zero-order chi connectivity index (χ0) is 18.1. The standard InChI is InChI=1S/C18H19N3O3S/c1-13-7-5-6-10-15(13)24-12-17(23)19-18(25)21-20-16(22)11-14-8-3-2-4-9-14/h2-10H,11-12H2,1H3,(H,20,22)(H2,19,21,23,25). The second-order valence-electron chi connectivity index (χ2n) is 5.27. The van der Waals surface area contributed by atoms with E-state index in [-0.39, 0.29) is 24.0 Å².